The van der Waals surface area contributed by atoms with Gasteiger partial charge in [0.15, 0.2) is 5.96 Å². The molecular formula is C21H27IN4O3. The average molecular weight is 510 g/mol. The Hall–Kier alpha value is -2.49. The van der Waals surface area contributed by atoms with E-state index in [2.05, 4.69) is 20.9 Å². The number of ether oxygens (including phenoxy) is 1. The molecule has 1 aliphatic heterocycles. The first-order valence-electron chi connectivity index (χ1n) is 9.30. The minimum Gasteiger partial charge on any atom is -0.508 e. The zero-order valence-electron chi connectivity index (χ0n) is 16.6. The molecule has 8 heteroatoms. The summed E-state index contributed by atoms with van der Waals surface area (Å²) in [7, 11) is 3.28. The second-order valence-corrected chi connectivity index (χ2v) is 6.66. The van der Waals surface area contributed by atoms with Crippen molar-refractivity contribution in [3.8, 4) is 11.5 Å². The van der Waals surface area contributed by atoms with Crippen LogP contribution in [0.4, 0.5) is 5.69 Å². The van der Waals surface area contributed by atoms with Crippen molar-refractivity contribution in [2.45, 2.75) is 18.8 Å². The predicted octanol–water partition coefficient (Wildman–Crippen LogP) is 2.85. The number of carbonyl (C=O) groups is 1. The largest absolute Gasteiger partial charge is 0.508 e. The SMILES string of the molecule is CN=C(NCCc1ccc(OC)cc1O)NCC1CC(=O)Nc2ccccc21.I. The molecule has 0 aliphatic carbocycles. The van der Waals surface area contributed by atoms with E-state index < -0.39 is 0 Å². The van der Waals surface area contributed by atoms with Gasteiger partial charge in [-0.3, -0.25) is 9.79 Å². The number of hydrogen-bond donors (Lipinski definition) is 4. The van der Waals surface area contributed by atoms with Gasteiger partial charge in [-0.25, -0.2) is 0 Å². The van der Waals surface area contributed by atoms with Crippen molar-refractivity contribution in [2.24, 2.45) is 4.99 Å². The highest BCUT2D eigenvalue weighted by molar-refractivity contribution is 14.0. The highest BCUT2D eigenvalue weighted by atomic mass is 127. The Kier molecular flexibility index (Phi) is 8.56. The number of benzene rings is 2. The smallest absolute Gasteiger partial charge is 0.225 e. The summed E-state index contributed by atoms with van der Waals surface area (Å²) in [6, 6.07) is 13.2. The molecule has 1 heterocycles. The van der Waals surface area contributed by atoms with Gasteiger partial charge in [-0.1, -0.05) is 24.3 Å². The number of hydrogen-bond acceptors (Lipinski definition) is 4. The minimum absolute atomic E-state index is 0. The number of aliphatic imine (C=N–C) groups is 1. The molecule has 0 radical (unpaired) electrons. The van der Waals surface area contributed by atoms with E-state index in [9.17, 15) is 9.90 Å². The van der Waals surface area contributed by atoms with Crippen molar-refractivity contribution < 1.29 is 14.6 Å². The van der Waals surface area contributed by atoms with Crippen molar-refractivity contribution in [1.29, 1.82) is 0 Å². The van der Waals surface area contributed by atoms with Gasteiger partial charge < -0.3 is 25.8 Å². The Labute approximate surface area is 188 Å². The number of amides is 1. The molecule has 1 amide bonds. The quantitative estimate of drug-likeness (QED) is 0.273. The number of para-hydroxylation sites is 1. The van der Waals surface area contributed by atoms with Crippen LogP contribution in [0.5, 0.6) is 11.5 Å². The number of phenolic OH excluding ortho intramolecular Hbond substituents is 1. The van der Waals surface area contributed by atoms with Crippen molar-refractivity contribution >= 4 is 41.5 Å². The fourth-order valence-corrected chi connectivity index (χ4v) is 3.32. The number of phenols is 1. The Morgan fingerprint density at radius 2 is 2.07 bits per heavy atom. The van der Waals surface area contributed by atoms with E-state index in [4.69, 9.17) is 4.74 Å². The summed E-state index contributed by atoms with van der Waals surface area (Å²) >= 11 is 0. The number of methoxy groups -OCH3 is 1. The van der Waals surface area contributed by atoms with E-state index in [0.717, 1.165) is 16.8 Å². The van der Waals surface area contributed by atoms with E-state index >= 15 is 0 Å². The molecule has 1 atom stereocenters. The molecule has 0 bridgehead atoms. The maximum absolute atomic E-state index is 11.9. The monoisotopic (exact) mass is 510 g/mol. The van der Waals surface area contributed by atoms with Gasteiger partial charge in [0, 0.05) is 44.2 Å². The lowest BCUT2D eigenvalue weighted by Gasteiger charge is -2.26. The van der Waals surface area contributed by atoms with Gasteiger partial charge in [0.2, 0.25) is 5.91 Å². The number of rotatable bonds is 6. The molecule has 1 aliphatic rings. The molecule has 2 aromatic carbocycles. The summed E-state index contributed by atoms with van der Waals surface area (Å²) in [5.41, 5.74) is 2.85. The Balaban J connectivity index is 0.00000300. The number of fused-ring (bicyclic) bond motifs is 1. The van der Waals surface area contributed by atoms with Crippen LogP contribution >= 0.6 is 24.0 Å². The normalized spacial score (nSPS) is 15.6. The van der Waals surface area contributed by atoms with Crippen LogP contribution in [0.15, 0.2) is 47.5 Å². The van der Waals surface area contributed by atoms with Gasteiger partial charge in [0.05, 0.1) is 7.11 Å². The molecule has 0 fully saturated rings. The van der Waals surface area contributed by atoms with Gasteiger partial charge in [-0.05, 0) is 29.7 Å². The number of nitrogens with one attached hydrogen (secondary N) is 3. The zero-order chi connectivity index (χ0) is 19.9. The first kappa shape index (κ1) is 22.8. The maximum Gasteiger partial charge on any atom is 0.225 e. The Morgan fingerprint density at radius 1 is 1.28 bits per heavy atom. The number of carbonyl (C=O) groups excluding carboxylic acids is 1. The molecule has 0 saturated heterocycles. The predicted molar refractivity (Wildman–Crippen MR) is 126 cm³/mol. The molecule has 0 spiro atoms. The third kappa shape index (κ3) is 5.99. The lowest BCUT2D eigenvalue weighted by molar-refractivity contribution is -0.116. The second kappa shape index (κ2) is 10.9. The fraction of sp³-hybridized carbons (Fsp3) is 0.333. The average Bonchev–Trinajstić information content (AvgIpc) is 2.71. The topological polar surface area (TPSA) is 95.0 Å². The van der Waals surface area contributed by atoms with Crippen LogP contribution in [0.3, 0.4) is 0 Å². The third-order valence-electron chi connectivity index (χ3n) is 4.83. The third-order valence-corrected chi connectivity index (χ3v) is 4.83. The van der Waals surface area contributed by atoms with E-state index in [1.54, 1.807) is 20.2 Å². The summed E-state index contributed by atoms with van der Waals surface area (Å²) in [4.78, 5) is 16.2. The van der Waals surface area contributed by atoms with Crippen LogP contribution in [-0.4, -0.2) is 44.2 Å². The number of halogens is 1. The molecule has 4 N–H and O–H groups in total. The van der Waals surface area contributed by atoms with Gasteiger partial charge in [0.25, 0.3) is 0 Å². The van der Waals surface area contributed by atoms with Crippen LogP contribution in [0, 0.1) is 0 Å². The van der Waals surface area contributed by atoms with E-state index in [1.165, 1.54) is 0 Å². The molecule has 0 saturated carbocycles. The molecule has 29 heavy (non-hydrogen) atoms. The van der Waals surface area contributed by atoms with E-state index in [-0.39, 0.29) is 41.6 Å². The van der Waals surface area contributed by atoms with Crippen molar-refractivity contribution in [3.05, 3.63) is 53.6 Å². The minimum atomic E-state index is 0. The van der Waals surface area contributed by atoms with Gasteiger partial charge in [-0.2, -0.15) is 0 Å². The molecule has 0 aromatic heterocycles. The maximum atomic E-state index is 11.9. The fourth-order valence-electron chi connectivity index (χ4n) is 3.32. The Bertz CT molecular complexity index is 873. The molecule has 7 nitrogen and oxygen atoms in total. The van der Waals surface area contributed by atoms with Gasteiger partial charge in [-0.15, -0.1) is 24.0 Å². The number of nitrogens with zero attached hydrogens (tertiary/aromatic N) is 1. The zero-order valence-corrected chi connectivity index (χ0v) is 18.9. The van der Waals surface area contributed by atoms with Gasteiger partial charge >= 0.3 is 0 Å². The lowest BCUT2D eigenvalue weighted by atomic mass is 9.90. The highest BCUT2D eigenvalue weighted by Gasteiger charge is 2.24. The van der Waals surface area contributed by atoms with E-state index in [1.807, 2.05) is 36.4 Å². The number of anilines is 1. The standard InChI is InChI=1S/C21H26N4O3.HI/c1-22-21(23-10-9-14-7-8-16(28-2)12-19(14)26)24-13-15-11-20(27)25-18-6-4-3-5-17(15)18;/h3-8,12,15,26H,9-11,13H2,1-2H3,(H,25,27)(H2,22,23,24);1H. The van der Waals surface area contributed by atoms with Crippen molar-refractivity contribution in [3.63, 3.8) is 0 Å². The summed E-state index contributed by atoms with van der Waals surface area (Å²) in [6.45, 7) is 1.22. The first-order valence-corrected chi connectivity index (χ1v) is 9.30. The van der Waals surface area contributed by atoms with E-state index in [0.29, 0.717) is 37.6 Å². The molecular weight excluding hydrogens is 483 g/mol. The summed E-state index contributed by atoms with van der Waals surface area (Å²) in [5, 5.41) is 19.5. The van der Waals surface area contributed by atoms with Crippen LogP contribution in [0.1, 0.15) is 23.5 Å². The molecule has 2 aromatic rings. The first-order chi connectivity index (χ1) is 13.6. The van der Waals surface area contributed by atoms with Crippen molar-refractivity contribution in [1.82, 2.24) is 10.6 Å². The van der Waals surface area contributed by atoms with Crippen LogP contribution in [0.25, 0.3) is 0 Å². The van der Waals surface area contributed by atoms with Crippen LogP contribution in [0.2, 0.25) is 0 Å². The molecule has 156 valence electrons. The van der Waals surface area contributed by atoms with Crippen LogP contribution < -0.4 is 20.7 Å². The number of guanidine groups is 1. The lowest BCUT2D eigenvalue weighted by Crippen LogP contribution is -2.41. The molecule has 3 rings (SSSR count). The summed E-state index contributed by atoms with van der Waals surface area (Å²) < 4.78 is 5.10. The summed E-state index contributed by atoms with van der Waals surface area (Å²) in [5.74, 6) is 1.63. The molecule has 1 unspecified atom stereocenters. The van der Waals surface area contributed by atoms with Gasteiger partial charge in [0.1, 0.15) is 11.5 Å². The highest BCUT2D eigenvalue weighted by Crippen LogP contribution is 2.31. The second-order valence-electron chi connectivity index (χ2n) is 6.66. The summed E-state index contributed by atoms with van der Waals surface area (Å²) in [6.07, 6.45) is 1.09. The number of aromatic hydroxyl groups is 1. The van der Waals surface area contributed by atoms with Crippen molar-refractivity contribution in [2.75, 3.05) is 32.6 Å². The Morgan fingerprint density at radius 3 is 2.79 bits per heavy atom. The van der Waals surface area contributed by atoms with Crippen LogP contribution in [-0.2, 0) is 11.2 Å².